The lowest BCUT2D eigenvalue weighted by Gasteiger charge is -1.95. The Hall–Kier alpha value is -2.08. The van der Waals surface area contributed by atoms with Crippen molar-refractivity contribution in [1.29, 1.82) is 0 Å². The number of hydrogen-bond acceptors (Lipinski definition) is 8. The van der Waals surface area contributed by atoms with Gasteiger partial charge in [0.1, 0.15) is 0 Å². The molecule has 0 spiro atoms. The van der Waals surface area contributed by atoms with Gasteiger partial charge in [0.25, 0.3) is 0 Å². The molecule has 2 aromatic rings. The summed E-state index contributed by atoms with van der Waals surface area (Å²) >= 11 is 8.15. The zero-order valence-electron chi connectivity index (χ0n) is 16.3. The van der Waals surface area contributed by atoms with Crippen LogP contribution >= 0.6 is 25.3 Å². The van der Waals surface area contributed by atoms with Crippen LogP contribution in [0.1, 0.15) is 11.1 Å². The van der Waals surface area contributed by atoms with Gasteiger partial charge in [0.05, 0.1) is 39.3 Å². The van der Waals surface area contributed by atoms with E-state index in [1.165, 1.54) is 0 Å². The molecule has 0 aliphatic carbocycles. The normalized spacial score (nSPS) is 9.00. The molecule has 0 saturated heterocycles. The van der Waals surface area contributed by atoms with Crippen molar-refractivity contribution in [3.8, 4) is 0 Å². The highest BCUT2D eigenvalue weighted by Gasteiger charge is 1.98. The Kier molecular flexibility index (Phi) is 20.3. The van der Waals surface area contributed by atoms with E-state index in [0.717, 1.165) is 20.9 Å². The lowest BCUT2D eigenvalue weighted by atomic mass is 10.2. The third-order valence-corrected chi connectivity index (χ3v) is 3.38. The molecule has 0 radical (unpaired) electrons. The van der Waals surface area contributed by atoms with Gasteiger partial charge in [-0.2, -0.15) is 0 Å². The van der Waals surface area contributed by atoms with Crippen LogP contribution in [-0.4, -0.2) is 69.0 Å². The molecule has 168 valence electrons. The van der Waals surface area contributed by atoms with Gasteiger partial charge in [-0.3, -0.25) is 9.59 Å². The highest BCUT2D eigenvalue weighted by Crippen LogP contribution is 2.08. The molecule has 0 aliphatic rings. The van der Waals surface area contributed by atoms with E-state index in [1.54, 1.807) is 48.5 Å². The van der Waals surface area contributed by atoms with E-state index in [9.17, 15) is 9.59 Å². The first-order valence-electron chi connectivity index (χ1n) is 8.62. The minimum Gasteiger partial charge on any atom is -0.481 e. The fourth-order valence-electron chi connectivity index (χ4n) is 1.58. The largest absolute Gasteiger partial charge is 0.481 e. The molecule has 30 heavy (non-hydrogen) atoms. The van der Waals surface area contributed by atoms with Crippen LogP contribution in [-0.2, 0) is 22.4 Å². The number of carboxylic acids is 2. The van der Waals surface area contributed by atoms with Gasteiger partial charge in [0.2, 0.25) is 0 Å². The predicted octanol–water partition coefficient (Wildman–Crippen LogP) is 1.15. The van der Waals surface area contributed by atoms with Crippen LogP contribution in [0.2, 0.25) is 0 Å². The van der Waals surface area contributed by atoms with E-state index in [-0.39, 0.29) is 39.3 Å². The number of rotatable bonds is 6. The predicted molar refractivity (Wildman–Crippen MR) is 118 cm³/mol. The quantitative estimate of drug-likeness (QED) is 0.299. The summed E-state index contributed by atoms with van der Waals surface area (Å²) in [4.78, 5) is 22.2. The van der Waals surface area contributed by atoms with Gasteiger partial charge >= 0.3 is 11.9 Å². The topological polar surface area (TPSA) is 156 Å². The zero-order chi connectivity index (χ0) is 23.4. The van der Waals surface area contributed by atoms with Crippen molar-refractivity contribution in [1.82, 2.24) is 0 Å². The van der Waals surface area contributed by atoms with Crippen LogP contribution in [0.15, 0.2) is 58.3 Å². The monoisotopic (exact) mass is 460 g/mol. The lowest BCUT2D eigenvalue weighted by molar-refractivity contribution is -0.137. The van der Waals surface area contributed by atoms with Crippen molar-refractivity contribution in [2.24, 2.45) is 0 Å². The highest BCUT2D eigenvalue weighted by atomic mass is 32.1. The summed E-state index contributed by atoms with van der Waals surface area (Å²) in [6.07, 6.45) is 0.155. The third kappa shape index (κ3) is 20.6. The van der Waals surface area contributed by atoms with Gasteiger partial charge in [-0.25, -0.2) is 0 Å². The first-order chi connectivity index (χ1) is 14.2. The van der Waals surface area contributed by atoms with Crippen LogP contribution in [0.5, 0.6) is 0 Å². The van der Waals surface area contributed by atoms with Gasteiger partial charge < -0.3 is 30.6 Å². The molecule has 6 N–H and O–H groups in total. The van der Waals surface area contributed by atoms with Crippen LogP contribution in [0.25, 0.3) is 0 Å². The molecule has 0 unspecified atom stereocenters. The molecule has 0 atom stereocenters. The molecule has 2 rings (SSSR count). The van der Waals surface area contributed by atoms with Crippen molar-refractivity contribution >= 4 is 37.2 Å². The number of aliphatic carboxylic acids is 2. The Bertz CT molecular complexity index is 625. The van der Waals surface area contributed by atoms with Crippen LogP contribution in [0.4, 0.5) is 0 Å². The molecule has 0 saturated carbocycles. The number of aliphatic hydroxyl groups excluding tert-OH is 4. The highest BCUT2D eigenvalue weighted by molar-refractivity contribution is 7.80. The number of hydrogen-bond donors (Lipinski definition) is 8. The molecular weight excluding hydrogens is 432 g/mol. The first-order valence-corrected chi connectivity index (χ1v) is 9.52. The molecule has 2 aromatic carbocycles. The molecule has 0 fully saturated rings. The molecule has 0 aromatic heterocycles. The molecule has 0 heterocycles. The van der Waals surface area contributed by atoms with Crippen molar-refractivity contribution in [2.45, 2.75) is 22.6 Å². The summed E-state index contributed by atoms with van der Waals surface area (Å²) in [6, 6.07) is 14.2. The summed E-state index contributed by atoms with van der Waals surface area (Å²) in [5.74, 6) is -1.62. The van der Waals surface area contributed by atoms with E-state index in [0.29, 0.717) is 0 Å². The summed E-state index contributed by atoms with van der Waals surface area (Å²) in [6.45, 7) is -0.500. The van der Waals surface area contributed by atoms with Crippen LogP contribution in [0, 0.1) is 0 Å². The van der Waals surface area contributed by atoms with E-state index >= 15 is 0 Å². The zero-order valence-corrected chi connectivity index (χ0v) is 18.0. The average Bonchev–Trinajstić information content (AvgIpc) is 2.71. The van der Waals surface area contributed by atoms with Gasteiger partial charge in [0, 0.05) is 9.79 Å². The molecule has 0 aliphatic heterocycles. The number of benzene rings is 2. The van der Waals surface area contributed by atoms with Gasteiger partial charge in [-0.05, 0) is 35.4 Å². The Labute approximate surface area is 186 Å². The number of carbonyl (C=O) groups is 2. The Morgan fingerprint density at radius 2 is 0.800 bits per heavy atom. The average molecular weight is 461 g/mol. The van der Waals surface area contributed by atoms with Gasteiger partial charge in [-0.1, -0.05) is 24.3 Å². The fraction of sp³-hybridized carbons (Fsp3) is 0.300. The second kappa shape index (κ2) is 20.2. The number of aliphatic hydroxyl groups is 4. The minimum absolute atomic E-state index is 0.0774. The van der Waals surface area contributed by atoms with Crippen LogP contribution in [0.3, 0.4) is 0 Å². The first kappa shape index (κ1) is 30.1. The van der Waals surface area contributed by atoms with Crippen molar-refractivity contribution in [3.05, 3.63) is 59.7 Å². The summed E-state index contributed by atoms with van der Waals surface area (Å²) in [5, 5.41) is 47.3. The molecule has 0 bridgehead atoms. The molecular formula is C20H28O8S2. The lowest BCUT2D eigenvalue weighted by Crippen LogP contribution is -1.99. The Morgan fingerprint density at radius 3 is 0.967 bits per heavy atom. The van der Waals surface area contributed by atoms with E-state index in [1.807, 2.05) is 0 Å². The number of thiol groups is 2. The molecule has 0 amide bonds. The second-order valence-corrected chi connectivity index (χ2v) is 6.40. The Balaban J connectivity index is 0. The van der Waals surface area contributed by atoms with Crippen molar-refractivity contribution in [2.75, 3.05) is 26.4 Å². The standard InChI is InChI=1S/2C8H8O2S.2C2H6O2/c2*9-8(10)5-6-1-3-7(11)4-2-6;2*3-1-2-4/h2*1-4,11H,5H2,(H,9,10);2*3-4H,1-2H2. The smallest absolute Gasteiger partial charge is 0.307 e. The van der Waals surface area contributed by atoms with Gasteiger partial charge in [-0.15, -0.1) is 25.3 Å². The summed E-state index contributed by atoms with van der Waals surface area (Å²) in [5.41, 5.74) is 1.60. The van der Waals surface area contributed by atoms with Crippen molar-refractivity contribution in [3.63, 3.8) is 0 Å². The summed E-state index contributed by atoms with van der Waals surface area (Å²) in [7, 11) is 0. The second-order valence-electron chi connectivity index (χ2n) is 5.37. The Morgan fingerprint density at radius 1 is 0.567 bits per heavy atom. The number of carboxylic acid groups (broad SMARTS) is 2. The molecule has 10 heteroatoms. The molecule has 8 nitrogen and oxygen atoms in total. The van der Waals surface area contributed by atoms with Gasteiger partial charge in [0.15, 0.2) is 0 Å². The maximum atomic E-state index is 10.2. The SMILES string of the molecule is O=C(O)Cc1ccc(S)cc1.O=C(O)Cc1ccc(S)cc1.OCCO.OCCO. The van der Waals surface area contributed by atoms with Crippen LogP contribution < -0.4 is 0 Å². The fourth-order valence-corrected chi connectivity index (χ4v) is 1.87. The van der Waals surface area contributed by atoms with E-state index in [4.69, 9.17) is 30.6 Å². The third-order valence-electron chi connectivity index (χ3n) is 2.78. The maximum Gasteiger partial charge on any atom is 0.307 e. The summed E-state index contributed by atoms with van der Waals surface area (Å²) < 4.78 is 0. The van der Waals surface area contributed by atoms with E-state index < -0.39 is 11.9 Å². The van der Waals surface area contributed by atoms with Crippen molar-refractivity contribution < 1.29 is 40.2 Å². The van der Waals surface area contributed by atoms with E-state index in [2.05, 4.69) is 25.3 Å². The maximum absolute atomic E-state index is 10.2. The minimum atomic E-state index is -0.808.